The fraction of sp³-hybridized carbons (Fsp3) is 0.107. The van der Waals surface area contributed by atoms with Crippen LogP contribution in [-0.4, -0.2) is 37.4 Å². The molecule has 2 heterocycles. The van der Waals surface area contributed by atoms with E-state index >= 15 is 0 Å². The summed E-state index contributed by atoms with van der Waals surface area (Å²) >= 11 is 0. The normalized spacial score (nSPS) is 15.4. The number of hydrogen-bond donors (Lipinski definition) is 3. The van der Waals surface area contributed by atoms with Gasteiger partial charge in [0.2, 0.25) is 5.88 Å². The third kappa shape index (κ3) is 5.76. The zero-order chi connectivity index (χ0) is 27.2. The summed E-state index contributed by atoms with van der Waals surface area (Å²) in [6, 6.07) is 17.0. The molecule has 4 rings (SSSR count). The minimum atomic E-state index is -0.820. The van der Waals surface area contributed by atoms with Crippen LogP contribution in [0.2, 0.25) is 0 Å². The van der Waals surface area contributed by atoms with Crippen LogP contribution in [0, 0.1) is 0 Å². The van der Waals surface area contributed by atoms with Gasteiger partial charge < -0.3 is 5.11 Å². The third-order valence-electron chi connectivity index (χ3n) is 5.79. The molecule has 1 saturated heterocycles. The number of urea groups is 1. The number of aromatic amines is 1. The summed E-state index contributed by atoms with van der Waals surface area (Å²) in [7, 11) is 0. The van der Waals surface area contributed by atoms with E-state index in [1.54, 1.807) is 55.5 Å². The number of carbonyl (C=O) groups excluding carboxylic acids is 3. The average Bonchev–Trinajstić information content (AvgIpc) is 2.90. The lowest BCUT2D eigenvalue weighted by Gasteiger charge is -2.26. The van der Waals surface area contributed by atoms with Crippen molar-refractivity contribution in [3.05, 3.63) is 128 Å². The van der Waals surface area contributed by atoms with Crippen LogP contribution in [0.4, 0.5) is 4.79 Å². The molecule has 0 atom stereocenters. The predicted molar refractivity (Wildman–Crippen MR) is 140 cm³/mol. The molecule has 192 valence electrons. The van der Waals surface area contributed by atoms with Gasteiger partial charge >= 0.3 is 11.7 Å². The van der Waals surface area contributed by atoms with Crippen LogP contribution in [0.5, 0.6) is 5.88 Å². The number of aromatic nitrogens is 2. The molecular formula is C28H24N4O6. The Bertz CT molecular complexity index is 1600. The highest BCUT2D eigenvalue weighted by atomic mass is 16.3. The third-order valence-corrected chi connectivity index (χ3v) is 5.79. The molecule has 0 radical (unpaired) electrons. The molecule has 0 bridgehead atoms. The molecular weight excluding hydrogens is 488 g/mol. The number of nitrogens with one attached hydrogen (secondary N) is 2. The molecule has 2 aromatic carbocycles. The molecule has 10 heteroatoms. The van der Waals surface area contributed by atoms with Crippen LogP contribution in [0.1, 0.15) is 23.6 Å². The number of rotatable bonds is 7. The van der Waals surface area contributed by atoms with Gasteiger partial charge in [-0.15, -0.1) is 0 Å². The zero-order valence-electron chi connectivity index (χ0n) is 20.4. The van der Waals surface area contributed by atoms with E-state index in [2.05, 4.69) is 10.3 Å². The van der Waals surface area contributed by atoms with Crippen LogP contribution in [0.15, 0.2) is 99.6 Å². The SMILES string of the molecule is CC(=C/C=C1/C(=O)NC(=O)N(Cc2ccccc2)C1=O)/C=C/c1c(O)n(Cc2ccccc2)c(=O)[nH]c1=O. The molecule has 0 saturated carbocycles. The van der Waals surface area contributed by atoms with Gasteiger partial charge in [-0.05, 0) is 30.2 Å². The summed E-state index contributed by atoms with van der Waals surface area (Å²) in [5.74, 6) is -2.06. The molecule has 0 aliphatic carbocycles. The van der Waals surface area contributed by atoms with Crippen LogP contribution in [0.25, 0.3) is 6.08 Å². The van der Waals surface area contributed by atoms with Crippen molar-refractivity contribution in [2.45, 2.75) is 20.0 Å². The minimum Gasteiger partial charge on any atom is -0.494 e. The van der Waals surface area contributed by atoms with E-state index in [1.807, 2.05) is 12.1 Å². The maximum absolute atomic E-state index is 12.9. The van der Waals surface area contributed by atoms with Crippen LogP contribution >= 0.6 is 0 Å². The summed E-state index contributed by atoms with van der Waals surface area (Å²) in [6.45, 7) is 1.70. The topological polar surface area (TPSA) is 142 Å². The van der Waals surface area contributed by atoms with Crippen LogP contribution in [-0.2, 0) is 22.7 Å². The summed E-state index contributed by atoms with van der Waals surface area (Å²) in [4.78, 5) is 65.1. The number of H-pyrrole nitrogens is 1. The first-order chi connectivity index (χ1) is 18.2. The average molecular weight is 513 g/mol. The summed E-state index contributed by atoms with van der Waals surface area (Å²) in [5.41, 5.74) is 0.113. The van der Waals surface area contributed by atoms with E-state index in [4.69, 9.17) is 0 Å². The second-order valence-corrected chi connectivity index (χ2v) is 8.53. The molecule has 3 N–H and O–H groups in total. The minimum absolute atomic E-state index is 0.000525. The van der Waals surface area contributed by atoms with Crippen molar-refractivity contribution in [2.75, 3.05) is 0 Å². The van der Waals surface area contributed by atoms with Crippen molar-refractivity contribution in [3.8, 4) is 5.88 Å². The maximum atomic E-state index is 12.9. The number of allylic oxidation sites excluding steroid dienone is 4. The number of aromatic hydroxyl groups is 1. The van der Waals surface area contributed by atoms with Crippen molar-refractivity contribution in [2.24, 2.45) is 0 Å². The predicted octanol–water partition coefficient (Wildman–Crippen LogP) is 2.46. The summed E-state index contributed by atoms with van der Waals surface area (Å²) < 4.78 is 1.04. The first-order valence-corrected chi connectivity index (χ1v) is 11.6. The zero-order valence-corrected chi connectivity index (χ0v) is 20.4. The van der Waals surface area contributed by atoms with Crippen molar-refractivity contribution in [3.63, 3.8) is 0 Å². The van der Waals surface area contributed by atoms with Gasteiger partial charge in [-0.3, -0.25) is 34.2 Å². The number of benzene rings is 2. The number of hydrogen-bond acceptors (Lipinski definition) is 6. The summed E-state index contributed by atoms with van der Waals surface area (Å²) in [5, 5.41) is 12.8. The largest absolute Gasteiger partial charge is 0.494 e. The Balaban J connectivity index is 1.56. The lowest BCUT2D eigenvalue weighted by molar-refractivity contribution is -0.130. The maximum Gasteiger partial charge on any atom is 0.331 e. The molecule has 0 spiro atoms. The van der Waals surface area contributed by atoms with Gasteiger partial charge in [-0.25, -0.2) is 9.59 Å². The quantitative estimate of drug-likeness (QED) is 0.252. The Morgan fingerprint density at radius 2 is 1.50 bits per heavy atom. The van der Waals surface area contributed by atoms with Crippen molar-refractivity contribution in [1.82, 2.24) is 19.8 Å². The Kier molecular flexibility index (Phi) is 7.62. The lowest BCUT2D eigenvalue weighted by Crippen LogP contribution is -2.53. The summed E-state index contributed by atoms with van der Waals surface area (Å²) in [6.07, 6.45) is 5.55. The second kappa shape index (κ2) is 11.2. The van der Waals surface area contributed by atoms with Gasteiger partial charge in [0, 0.05) is 0 Å². The Morgan fingerprint density at radius 1 is 0.895 bits per heavy atom. The Morgan fingerprint density at radius 3 is 2.13 bits per heavy atom. The van der Waals surface area contributed by atoms with Crippen molar-refractivity contribution < 1.29 is 19.5 Å². The van der Waals surface area contributed by atoms with E-state index in [9.17, 15) is 29.1 Å². The first kappa shape index (κ1) is 25.8. The van der Waals surface area contributed by atoms with Crippen molar-refractivity contribution in [1.29, 1.82) is 0 Å². The van der Waals surface area contributed by atoms with Crippen LogP contribution in [0.3, 0.4) is 0 Å². The molecule has 38 heavy (non-hydrogen) atoms. The van der Waals surface area contributed by atoms with E-state index in [1.165, 1.54) is 24.3 Å². The Labute approximate surface area is 216 Å². The molecule has 3 aromatic rings. The first-order valence-electron chi connectivity index (χ1n) is 11.6. The molecule has 1 aliphatic heterocycles. The van der Waals surface area contributed by atoms with Gasteiger partial charge in [0.05, 0.1) is 13.1 Å². The van der Waals surface area contributed by atoms with E-state index in [-0.39, 0.29) is 24.2 Å². The fourth-order valence-electron chi connectivity index (χ4n) is 3.75. The smallest absolute Gasteiger partial charge is 0.331 e. The van der Waals surface area contributed by atoms with Crippen LogP contribution < -0.4 is 16.6 Å². The van der Waals surface area contributed by atoms with E-state index in [0.717, 1.165) is 20.6 Å². The number of nitrogens with zero attached hydrogens (tertiary/aromatic N) is 2. The molecule has 1 aliphatic rings. The van der Waals surface area contributed by atoms with Gasteiger partial charge in [0.1, 0.15) is 11.1 Å². The molecule has 4 amide bonds. The Hall–Kier alpha value is -5.25. The van der Waals surface area contributed by atoms with Crippen molar-refractivity contribution >= 4 is 23.9 Å². The van der Waals surface area contributed by atoms with E-state index < -0.39 is 35.0 Å². The molecule has 1 aromatic heterocycles. The number of amides is 4. The molecule has 1 fully saturated rings. The number of barbiturate groups is 1. The van der Waals surface area contributed by atoms with Gasteiger partial charge in [0.15, 0.2) is 0 Å². The van der Waals surface area contributed by atoms with Gasteiger partial charge in [-0.1, -0.05) is 78.4 Å². The fourth-order valence-corrected chi connectivity index (χ4v) is 3.75. The second-order valence-electron chi connectivity index (χ2n) is 8.53. The monoisotopic (exact) mass is 512 g/mol. The van der Waals surface area contributed by atoms with Gasteiger partial charge in [0.25, 0.3) is 17.4 Å². The number of imide groups is 2. The lowest BCUT2D eigenvalue weighted by atomic mass is 10.1. The molecule has 10 nitrogen and oxygen atoms in total. The number of carbonyl (C=O) groups is 3. The highest BCUT2D eigenvalue weighted by molar-refractivity contribution is 6.28. The van der Waals surface area contributed by atoms with Gasteiger partial charge in [-0.2, -0.15) is 0 Å². The standard InChI is InChI=1S/C28H24N4O6/c1-18(12-14-21-23(33)29-27(37)31(25(21)35)16-19-8-4-2-5-9-19)13-15-22-24(34)30-28(38)32(26(22)36)17-20-10-6-3-7-11-20/h2-15,35H,16-17H2,1H3,(H,29,33,37)(H,30,34,38)/b14-12+,18-13-,22-15-. The van der Waals surface area contributed by atoms with E-state index in [0.29, 0.717) is 5.57 Å². The highest BCUT2D eigenvalue weighted by Crippen LogP contribution is 2.17. The highest BCUT2D eigenvalue weighted by Gasteiger charge is 2.35. The molecule has 0 unspecified atom stereocenters.